The van der Waals surface area contributed by atoms with Crippen molar-refractivity contribution in [1.82, 2.24) is 9.88 Å². The first-order chi connectivity index (χ1) is 18.2. The molecule has 194 valence electrons. The minimum Gasteiger partial charge on any atom is -0.456 e. The monoisotopic (exact) mass is 547 g/mol. The lowest BCUT2D eigenvalue weighted by molar-refractivity contribution is 0.0651. The number of aryl methyl sites for hydroxylation is 2. The van der Waals surface area contributed by atoms with E-state index in [1.807, 2.05) is 26.0 Å². The predicted octanol–water partition coefficient (Wildman–Crippen LogP) is 7.83. The minimum atomic E-state index is -0.218. The van der Waals surface area contributed by atoms with Gasteiger partial charge in [0.1, 0.15) is 11.5 Å². The molecule has 3 aromatic carbocycles. The van der Waals surface area contributed by atoms with Gasteiger partial charge in [0, 0.05) is 30.2 Å². The van der Waals surface area contributed by atoms with Gasteiger partial charge in [-0.2, -0.15) is 0 Å². The van der Waals surface area contributed by atoms with Crippen molar-refractivity contribution in [3.8, 4) is 11.5 Å². The number of fused-ring (bicyclic) bond motifs is 2. The largest absolute Gasteiger partial charge is 0.456 e. The first-order valence-corrected chi connectivity index (χ1v) is 13.2. The highest BCUT2D eigenvalue weighted by Crippen LogP contribution is 2.40. The van der Waals surface area contributed by atoms with E-state index in [0.717, 1.165) is 34.1 Å². The molecule has 2 amide bonds. The van der Waals surface area contributed by atoms with Gasteiger partial charge < -0.3 is 10.1 Å². The van der Waals surface area contributed by atoms with E-state index in [1.165, 1.54) is 4.90 Å². The molecule has 1 unspecified atom stereocenters. The Balaban J connectivity index is 1.32. The zero-order valence-corrected chi connectivity index (χ0v) is 22.9. The molecule has 2 heterocycles. The molecule has 0 radical (unpaired) electrons. The molecule has 1 aliphatic heterocycles. The summed E-state index contributed by atoms with van der Waals surface area (Å²) in [5, 5.41) is 5.39. The molecule has 0 saturated heterocycles. The van der Waals surface area contributed by atoms with E-state index in [-0.39, 0.29) is 17.9 Å². The van der Waals surface area contributed by atoms with E-state index in [0.29, 0.717) is 45.6 Å². The second kappa shape index (κ2) is 10.6. The highest BCUT2D eigenvalue weighted by molar-refractivity contribution is 6.42. The molecule has 0 spiro atoms. The molecule has 1 aromatic heterocycles. The third kappa shape index (κ3) is 4.94. The Morgan fingerprint density at radius 3 is 2.34 bits per heavy atom. The molecular weight excluding hydrogens is 521 g/mol. The SMILES string of the molecule is Cc1cc(NC(C)CCCN2C(=O)c3ccccc3C2=O)c2nccc(C)c2c1Oc1ccc(Cl)c(Cl)c1. The highest BCUT2D eigenvalue weighted by Gasteiger charge is 2.34. The molecule has 0 saturated carbocycles. The van der Waals surface area contributed by atoms with Crippen LogP contribution < -0.4 is 10.1 Å². The summed E-state index contributed by atoms with van der Waals surface area (Å²) in [4.78, 5) is 31.3. The molecular formula is C30H27Cl2N3O3. The summed E-state index contributed by atoms with van der Waals surface area (Å²) >= 11 is 12.3. The summed E-state index contributed by atoms with van der Waals surface area (Å²) in [6.07, 6.45) is 3.23. The number of benzene rings is 3. The zero-order valence-electron chi connectivity index (χ0n) is 21.3. The van der Waals surface area contributed by atoms with Crippen LogP contribution >= 0.6 is 23.2 Å². The summed E-state index contributed by atoms with van der Waals surface area (Å²) in [5.74, 6) is 0.872. The summed E-state index contributed by atoms with van der Waals surface area (Å²) in [6, 6.07) is 16.2. The topological polar surface area (TPSA) is 71.5 Å². The molecule has 0 aliphatic carbocycles. The third-order valence-corrected chi connectivity index (χ3v) is 7.51. The normalized spacial score (nSPS) is 13.7. The van der Waals surface area contributed by atoms with Gasteiger partial charge in [0.25, 0.3) is 11.8 Å². The second-order valence-corrected chi connectivity index (χ2v) is 10.4. The van der Waals surface area contributed by atoms with Crippen LogP contribution in [-0.2, 0) is 0 Å². The fraction of sp³-hybridized carbons (Fsp3) is 0.233. The van der Waals surface area contributed by atoms with E-state index in [4.69, 9.17) is 27.9 Å². The first kappa shape index (κ1) is 26.0. The minimum absolute atomic E-state index is 0.0805. The number of anilines is 1. The summed E-state index contributed by atoms with van der Waals surface area (Å²) in [6.45, 7) is 6.49. The van der Waals surface area contributed by atoms with E-state index < -0.39 is 0 Å². The molecule has 0 fully saturated rings. The van der Waals surface area contributed by atoms with Crippen LogP contribution in [0.3, 0.4) is 0 Å². The number of hydrogen-bond donors (Lipinski definition) is 1. The number of nitrogens with one attached hydrogen (secondary N) is 1. The Kier molecular flexibility index (Phi) is 7.28. The van der Waals surface area contributed by atoms with Crippen molar-refractivity contribution in [2.24, 2.45) is 0 Å². The number of hydrogen-bond acceptors (Lipinski definition) is 5. The van der Waals surface area contributed by atoms with E-state index in [9.17, 15) is 9.59 Å². The van der Waals surface area contributed by atoms with Gasteiger partial charge in [-0.3, -0.25) is 19.5 Å². The van der Waals surface area contributed by atoms with Crippen LogP contribution in [0.4, 0.5) is 5.69 Å². The Bertz CT molecular complexity index is 1540. The maximum atomic E-state index is 12.6. The van der Waals surface area contributed by atoms with E-state index >= 15 is 0 Å². The molecule has 0 bridgehead atoms. The van der Waals surface area contributed by atoms with Gasteiger partial charge >= 0.3 is 0 Å². The lowest BCUT2D eigenvalue weighted by Crippen LogP contribution is -2.31. The maximum Gasteiger partial charge on any atom is 0.261 e. The van der Waals surface area contributed by atoms with Crippen molar-refractivity contribution in [2.45, 2.75) is 39.7 Å². The molecule has 1 aliphatic rings. The molecule has 1 atom stereocenters. The Morgan fingerprint density at radius 1 is 0.947 bits per heavy atom. The first-order valence-electron chi connectivity index (χ1n) is 12.5. The van der Waals surface area contributed by atoms with Gasteiger partial charge in [0.05, 0.1) is 32.4 Å². The Morgan fingerprint density at radius 2 is 1.66 bits per heavy atom. The van der Waals surface area contributed by atoms with Crippen molar-refractivity contribution in [2.75, 3.05) is 11.9 Å². The molecule has 8 heteroatoms. The fourth-order valence-corrected chi connectivity index (χ4v) is 5.12. The number of carbonyl (C=O) groups excluding carboxylic acids is 2. The number of imide groups is 1. The quantitative estimate of drug-likeness (QED) is 0.227. The van der Waals surface area contributed by atoms with Gasteiger partial charge in [-0.15, -0.1) is 0 Å². The molecule has 4 aromatic rings. The Hall–Kier alpha value is -3.61. The number of ether oxygens (including phenoxy) is 1. The van der Waals surface area contributed by atoms with Crippen molar-refractivity contribution in [1.29, 1.82) is 0 Å². The second-order valence-electron chi connectivity index (χ2n) is 9.59. The van der Waals surface area contributed by atoms with Gasteiger partial charge in [0.2, 0.25) is 0 Å². The van der Waals surface area contributed by atoms with Crippen LogP contribution in [0.2, 0.25) is 10.0 Å². The van der Waals surface area contributed by atoms with Gasteiger partial charge in [-0.1, -0.05) is 35.3 Å². The van der Waals surface area contributed by atoms with Crippen LogP contribution in [0.1, 0.15) is 51.6 Å². The molecule has 38 heavy (non-hydrogen) atoms. The lowest BCUT2D eigenvalue weighted by Gasteiger charge is -2.21. The van der Waals surface area contributed by atoms with Crippen LogP contribution in [0, 0.1) is 13.8 Å². The average Bonchev–Trinajstić information content (AvgIpc) is 3.13. The zero-order chi connectivity index (χ0) is 27.0. The highest BCUT2D eigenvalue weighted by atomic mass is 35.5. The number of rotatable bonds is 8. The van der Waals surface area contributed by atoms with Gasteiger partial charge in [0.15, 0.2) is 0 Å². The summed E-state index contributed by atoms with van der Waals surface area (Å²) < 4.78 is 6.29. The number of carbonyl (C=O) groups is 2. The third-order valence-electron chi connectivity index (χ3n) is 6.77. The lowest BCUT2D eigenvalue weighted by atomic mass is 10.0. The number of amides is 2. The average molecular weight is 548 g/mol. The summed E-state index contributed by atoms with van der Waals surface area (Å²) in [5.41, 5.74) is 4.65. The van der Waals surface area contributed by atoms with Crippen LogP contribution in [-0.4, -0.2) is 34.3 Å². The van der Waals surface area contributed by atoms with Crippen LogP contribution in [0.15, 0.2) is 60.8 Å². The van der Waals surface area contributed by atoms with E-state index in [2.05, 4.69) is 17.2 Å². The number of pyridine rings is 1. The number of nitrogens with zero attached hydrogens (tertiary/aromatic N) is 2. The summed E-state index contributed by atoms with van der Waals surface area (Å²) in [7, 11) is 0. The molecule has 5 rings (SSSR count). The Labute approximate surface area is 231 Å². The van der Waals surface area contributed by atoms with Crippen LogP contribution in [0.25, 0.3) is 10.9 Å². The number of halogens is 2. The predicted molar refractivity (Wildman–Crippen MR) is 152 cm³/mol. The molecule has 6 nitrogen and oxygen atoms in total. The van der Waals surface area contributed by atoms with E-state index in [1.54, 1.807) is 48.7 Å². The van der Waals surface area contributed by atoms with Gasteiger partial charge in [-0.25, -0.2) is 0 Å². The fourth-order valence-electron chi connectivity index (χ4n) is 4.83. The van der Waals surface area contributed by atoms with Crippen LogP contribution in [0.5, 0.6) is 11.5 Å². The van der Waals surface area contributed by atoms with Crippen molar-refractivity contribution in [3.63, 3.8) is 0 Å². The van der Waals surface area contributed by atoms with Crippen molar-refractivity contribution in [3.05, 3.63) is 93.1 Å². The standard InChI is InChI=1S/C30H27Cl2N3O3/c1-17-12-13-33-27-25(15-18(2)28(26(17)27)38-20-10-11-23(31)24(32)16-20)34-19(3)7-6-14-35-29(36)21-8-4-5-9-22(21)30(35)37/h4-5,8-13,15-16,19,34H,6-7,14H2,1-3H3. The number of aromatic nitrogens is 1. The smallest absolute Gasteiger partial charge is 0.261 e. The van der Waals surface area contributed by atoms with Crippen molar-refractivity contribution >= 4 is 51.6 Å². The maximum absolute atomic E-state index is 12.6. The van der Waals surface area contributed by atoms with Gasteiger partial charge in [-0.05, 0) is 81.1 Å². The molecule has 1 N–H and O–H groups in total. The van der Waals surface area contributed by atoms with Crippen molar-refractivity contribution < 1.29 is 14.3 Å².